The summed E-state index contributed by atoms with van der Waals surface area (Å²) in [5.74, 6) is 0.775. The number of amides is 1. The first-order valence-corrected chi connectivity index (χ1v) is 11.0. The zero-order chi connectivity index (χ0) is 19.7. The highest BCUT2D eigenvalue weighted by molar-refractivity contribution is 7.89. The largest absolute Gasteiger partial charge is 0.494 e. The van der Waals surface area contributed by atoms with Crippen LogP contribution in [0.2, 0.25) is 0 Å². The molecule has 148 valence electrons. The lowest BCUT2D eigenvalue weighted by molar-refractivity contribution is 0.0917. The van der Waals surface area contributed by atoms with E-state index < -0.39 is 10.0 Å². The molecule has 7 heteroatoms. The summed E-state index contributed by atoms with van der Waals surface area (Å²) in [6, 6.07) is 15.2. The van der Waals surface area contributed by atoms with Crippen LogP contribution in [0.3, 0.4) is 0 Å². The van der Waals surface area contributed by atoms with Crippen molar-refractivity contribution in [2.24, 2.45) is 5.92 Å². The molecular formula is C21H24N2O4S. The Labute approximate surface area is 165 Å². The highest BCUT2D eigenvalue weighted by Crippen LogP contribution is 2.41. The number of hydrogen-bond donors (Lipinski definition) is 1. The van der Waals surface area contributed by atoms with Crippen LogP contribution in [0.1, 0.15) is 30.1 Å². The van der Waals surface area contributed by atoms with Crippen LogP contribution in [-0.4, -0.2) is 43.9 Å². The van der Waals surface area contributed by atoms with Crippen molar-refractivity contribution >= 4 is 15.9 Å². The van der Waals surface area contributed by atoms with Gasteiger partial charge in [0.1, 0.15) is 5.75 Å². The first kappa shape index (κ1) is 19.0. The Kier molecular flexibility index (Phi) is 5.12. The summed E-state index contributed by atoms with van der Waals surface area (Å²) in [5, 5.41) is 3.04. The second kappa shape index (κ2) is 7.56. The molecule has 2 fully saturated rings. The van der Waals surface area contributed by atoms with Crippen LogP contribution in [0.25, 0.3) is 0 Å². The Morgan fingerprint density at radius 3 is 2.46 bits per heavy atom. The van der Waals surface area contributed by atoms with E-state index in [9.17, 15) is 13.2 Å². The molecule has 2 aromatic carbocycles. The fourth-order valence-electron chi connectivity index (χ4n) is 4.26. The molecule has 0 radical (unpaired) electrons. The molecule has 0 spiro atoms. The molecule has 0 aromatic heterocycles. The SMILES string of the molecule is CCOc1ccc(S(=O)(=O)N2C[C@@H]3C[C@H](NC(=O)c4ccccc4)[C@H]2C3)cc1. The molecule has 0 unspecified atom stereocenters. The summed E-state index contributed by atoms with van der Waals surface area (Å²) < 4.78 is 33.3. The molecule has 6 nitrogen and oxygen atoms in total. The normalized spacial score (nSPS) is 24.2. The van der Waals surface area contributed by atoms with Gasteiger partial charge in [-0.1, -0.05) is 18.2 Å². The number of piperidine rings is 1. The van der Waals surface area contributed by atoms with Crippen LogP contribution in [0.15, 0.2) is 59.5 Å². The van der Waals surface area contributed by atoms with Gasteiger partial charge in [0.05, 0.1) is 11.5 Å². The standard InChI is InChI=1S/C21H24N2O4S/c1-2-27-17-8-10-18(11-9-17)28(25,26)23-14-15-12-19(20(23)13-15)22-21(24)16-6-4-3-5-7-16/h3-11,15,19-20H,2,12-14H2,1H3,(H,22,24)/t15-,19+,20-/m1/s1. The predicted molar refractivity (Wildman–Crippen MR) is 106 cm³/mol. The third-order valence-electron chi connectivity index (χ3n) is 5.53. The average molecular weight is 401 g/mol. The number of nitrogens with one attached hydrogen (secondary N) is 1. The summed E-state index contributed by atoms with van der Waals surface area (Å²) in [5.41, 5.74) is 0.589. The number of nitrogens with zero attached hydrogens (tertiary/aromatic N) is 1. The number of carbonyl (C=O) groups is 1. The van der Waals surface area contributed by atoms with Gasteiger partial charge in [-0.3, -0.25) is 4.79 Å². The lowest BCUT2D eigenvalue weighted by Gasteiger charge is -2.32. The van der Waals surface area contributed by atoms with E-state index in [1.165, 1.54) is 0 Å². The quantitative estimate of drug-likeness (QED) is 0.809. The summed E-state index contributed by atoms with van der Waals surface area (Å²) in [6.45, 7) is 2.93. The fourth-order valence-corrected chi connectivity index (χ4v) is 6.01. The number of sulfonamides is 1. The van der Waals surface area contributed by atoms with Crippen molar-refractivity contribution in [3.63, 3.8) is 0 Å². The van der Waals surface area contributed by atoms with Gasteiger partial charge < -0.3 is 10.1 Å². The van der Waals surface area contributed by atoms with Crippen molar-refractivity contribution in [2.45, 2.75) is 36.7 Å². The number of carbonyl (C=O) groups excluding carboxylic acids is 1. The molecule has 1 heterocycles. The van der Waals surface area contributed by atoms with Crippen LogP contribution in [0, 0.1) is 5.92 Å². The van der Waals surface area contributed by atoms with Gasteiger partial charge in [0, 0.05) is 24.2 Å². The first-order valence-electron chi connectivity index (χ1n) is 9.59. The topological polar surface area (TPSA) is 75.7 Å². The van der Waals surface area contributed by atoms with E-state index in [-0.39, 0.29) is 28.8 Å². The molecule has 1 N–H and O–H groups in total. The van der Waals surface area contributed by atoms with Crippen LogP contribution in [0.4, 0.5) is 0 Å². The van der Waals surface area contributed by atoms with Crippen molar-refractivity contribution in [1.82, 2.24) is 9.62 Å². The van der Waals surface area contributed by atoms with Gasteiger partial charge in [-0.2, -0.15) is 4.31 Å². The fraction of sp³-hybridized carbons (Fsp3) is 0.381. The summed E-state index contributed by atoms with van der Waals surface area (Å²) in [6.07, 6.45) is 1.61. The monoisotopic (exact) mass is 400 g/mol. The maximum Gasteiger partial charge on any atom is 0.251 e. The van der Waals surface area contributed by atoms with Crippen molar-refractivity contribution in [3.05, 3.63) is 60.2 Å². The second-order valence-electron chi connectivity index (χ2n) is 7.33. The Hall–Kier alpha value is -2.38. The molecule has 2 aliphatic rings. The highest BCUT2D eigenvalue weighted by atomic mass is 32.2. The number of rotatable bonds is 6. The van der Waals surface area contributed by atoms with Crippen LogP contribution in [0.5, 0.6) is 5.75 Å². The molecule has 2 aromatic rings. The van der Waals surface area contributed by atoms with Gasteiger partial charge in [0.25, 0.3) is 5.91 Å². The van der Waals surface area contributed by atoms with E-state index in [0.717, 1.165) is 12.8 Å². The molecule has 1 saturated carbocycles. The zero-order valence-corrected chi connectivity index (χ0v) is 16.6. The third-order valence-corrected chi connectivity index (χ3v) is 7.43. The minimum Gasteiger partial charge on any atom is -0.494 e. The van der Waals surface area contributed by atoms with Gasteiger partial charge >= 0.3 is 0 Å². The van der Waals surface area contributed by atoms with Crippen LogP contribution < -0.4 is 10.1 Å². The second-order valence-corrected chi connectivity index (χ2v) is 9.22. The van der Waals surface area contributed by atoms with Gasteiger partial charge in [0.2, 0.25) is 10.0 Å². The van der Waals surface area contributed by atoms with E-state index in [4.69, 9.17) is 4.74 Å². The van der Waals surface area contributed by atoms with E-state index in [1.54, 1.807) is 40.7 Å². The van der Waals surface area contributed by atoms with Gasteiger partial charge in [-0.05, 0) is 62.1 Å². The highest BCUT2D eigenvalue weighted by Gasteiger charge is 2.50. The third kappa shape index (κ3) is 3.52. The molecule has 1 amide bonds. The minimum absolute atomic E-state index is 0.156. The van der Waals surface area contributed by atoms with Crippen LogP contribution >= 0.6 is 0 Å². The van der Waals surface area contributed by atoms with Crippen molar-refractivity contribution < 1.29 is 17.9 Å². The molecular weight excluding hydrogens is 376 g/mol. The molecule has 2 bridgehead atoms. The Bertz CT molecular complexity index is 944. The van der Waals surface area contributed by atoms with Crippen LogP contribution in [-0.2, 0) is 10.0 Å². The number of ether oxygens (including phenoxy) is 1. The maximum atomic E-state index is 13.2. The van der Waals surface area contributed by atoms with Gasteiger partial charge in [-0.15, -0.1) is 0 Å². The summed E-state index contributed by atoms with van der Waals surface area (Å²) in [4.78, 5) is 12.8. The average Bonchev–Trinajstić information content (AvgIpc) is 3.30. The van der Waals surface area contributed by atoms with Crippen molar-refractivity contribution in [2.75, 3.05) is 13.2 Å². The Balaban J connectivity index is 1.50. The Morgan fingerprint density at radius 2 is 1.82 bits per heavy atom. The molecule has 3 atom stereocenters. The van der Waals surface area contributed by atoms with E-state index >= 15 is 0 Å². The molecule has 1 aliphatic heterocycles. The summed E-state index contributed by atoms with van der Waals surface area (Å²) in [7, 11) is -3.61. The maximum absolute atomic E-state index is 13.2. The molecule has 1 aliphatic carbocycles. The Morgan fingerprint density at radius 1 is 1.11 bits per heavy atom. The minimum atomic E-state index is -3.61. The first-order chi connectivity index (χ1) is 13.5. The molecule has 28 heavy (non-hydrogen) atoms. The number of hydrogen-bond acceptors (Lipinski definition) is 4. The van der Waals surface area contributed by atoms with E-state index in [2.05, 4.69) is 5.32 Å². The summed E-state index contributed by atoms with van der Waals surface area (Å²) >= 11 is 0. The van der Waals surface area contributed by atoms with Crippen molar-refractivity contribution in [1.29, 1.82) is 0 Å². The molecule has 4 rings (SSSR count). The number of fused-ring (bicyclic) bond motifs is 2. The lowest BCUT2D eigenvalue weighted by Crippen LogP contribution is -2.51. The zero-order valence-electron chi connectivity index (χ0n) is 15.7. The molecule has 1 saturated heterocycles. The van der Waals surface area contributed by atoms with Gasteiger partial charge in [-0.25, -0.2) is 8.42 Å². The predicted octanol–water partition coefficient (Wildman–Crippen LogP) is 2.67. The lowest BCUT2D eigenvalue weighted by atomic mass is 10.1. The van der Waals surface area contributed by atoms with Gasteiger partial charge in [0.15, 0.2) is 0 Å². The smallest absolute Gasteiger partial charge is 0.251 e. The number of benzene rings is 2. The van der Waals surface area contributed by atoms with E-state index in [1.807, 2.05) is 25.1 Å². The van der Waals surface area contributed by atoms with E-state index in [0.29, 0.717) is 24.5 Å². The van der Waals surface area contributed by atoms with Crippen molar-refractivity contribution in [3.8, 4) is 5.75 Å².